The minimum atomic E-state index is -1.40. The second kappa shape index (κ2) is 17.0. The fraction of sp³-hybridized carbons (Fsp3) is 0.645. The number of esters is 3. The van der Waals surface area contributed by atoms with Crippen molar-refractivity contribution in [2.24, 2.45) is 0 Å². The predicted molar refractivity (Wildman–Crippen MR) is 165 cm³/mol. The highest BCUT2D eigenvalue weighted by molar-refractivity contribution is 6.76. The Labute approximate surface area is 256 Å². The number of rotatable bonds is 15. The van der Waals surface area contributed by atoms with Crippen molar-refractivity contribution in [3.05, 3.63) is 35.9 Å². The van der Waals surface area contributed by atoms with Crippen LogP contribution in [0.25, 0.3) is 0 Å². The Morgan fingerprint density at radius 1 is 0.744 bits per heavy atom. The predicted octanol–water partition coefficient (Wildman–Crippen LogP) is 4.89. The van der Waals surface area contributed by atoms with E-state index in [2.05, 4.69) is 30.3 Å². The number of carbonyl (C=O) groups is 5. The average molecular weight is 623 g/mol. The van der Waals surface area contributed by atoms with Crippen molar-refractivity contribution >= 4 is 38.0 Å². The molecule has 0 aromatic heterocycles. The Hall–Kier alpha value is -3.41. The van der Waals surface area contributed by atoms with Gasteiger partial charge in [-0.1, -0.05) is 50.0 Å². The van der Waals surface area contributed by atoms with Crippen molar-refractivity contribution in [1.29, 1.82) is 0 Å². The van der Waals surface area contributed by atoms with Crippen molar-refractivity contribution in [3.63, 3.8) is 0 Å². The molecule has 43 heavy (non-hydrogen) atoms. The molecule has 0 unspecified atom stereocenters. The Kier molecular flexibility index (Phi) is 14.9. The Morgan fingerprint density at radius 3 is 1.86 bits per heavy atom. The van der Waals surface area contributed by atoms with E-state index in [1.54, 1.807) is 65.8 Å². The molecule has 0 saturated heterocycles. The Morgan fingerprint density at radius 2 is 1.30 bits per heavy atom. The van der Waals surface area contributed by atoms with E-state index in [1.165, 1.54) is 0 Å². The number of ether oxygens (including phenoxy) is 4. The summed E-state index contributed by atoms with van der Waals surface area (Å²) in [4.78, 5) is 63.8. The van der Waals surface area contributed by atoms with E-state index in [4.69, 9.17) is 18.9 Å². The van der Waals surface area contributed by atoms with Crippen LogP contribution in [0, 0.1) is 0 Å². The monoisotopic (exact) mass is 622 g/mol. The summed E-state index contributed by atoms with van der Waals surface area (Å²) in [5, 5.41) is 5.07. The molecule has 1 aromatic carbocycles. The normalized spacial score (nSPS) is 13.2. The van der Waals surface area contributed by atoms with Crippen LogP contribution in [0.2, 0.25) is 25.7 Å². The van der Waals surface area contributed by atoms with Crippen molar-refractivity contribution in [2.75, 3.05) is 6.61 Å². The molecule has 0 bridgehead atoms. The first-order valence-electron chi connectivity index (χ1n) is 14.6. The van der Waals surface area contributed by atoms with Crippen LogP contribution in [0.15, 0.2) is 30.3 Å². The van der Waals surface area contributed by atoms with E-state index in [9.17, 15) is 24.0 Å². The third-order valence-electron chi connectivity index (χ3n) is 5.64. The van der Waals surface area contributed by atoms with E-state index in [1.807, 2.05) is 6.07 Å². The number of alkyl carbamates (subject to hydrolysis) is 1. The molecule has 242 valence electrons. The lowest BCUT2D eigenvalue weighted by atomic mass is 10.1. The van der Waals surface area contributed by atoms with Crippen LogP contribution in [-0.2, 0) is 44.7 Å². The quantitative estimate of drug-likeness (QED) is 0.159. The summed E-state index contributed by atoms with van der Waals surface area (Å²) < 4.78 is 21.4. The maximum atomic E-state index is 13.4. The summed E-state index contributed by atoms with van der Waals surface area (Å²) in [7, 11) is -1.40. The first-order valence-corrected chi connectivity index (χ1v) is 18.3. The van der Waals surface area contributed by atoms with Crippen molar-refractivity contribution < 1.29 is 42.9 Å². The van der Waals surface area contributed by atoms with Crippen LogP contribution in [0.4, 0.5) is 4.79 Å². The summed E-state index contributed by atoms with van der Waals surface area (Å²) in [6, 6.07) is 7.33. The topological polar surface area (TPSA) is 146 Å². The lowest BCUT2D eigenvalue weighted by Gasteiger charge is -2.26. The highest BCUT2D eigenvalue weighted by Crippen LogP contribution is 2.14. The minimum Gasteiger partial charge on any atom is -0.466 e. The molecule has 0 spiro atoms. The van der Waals surface area contributed by atoms with Gasteiger partial charge in [0.25, 0.3) is 0 Å². The van der Waals surface area contributed by atoms with Gasteiger partial charge in [0.1, 0.15) is 29.9 Å². The second-order valence-corrected chi connectivity index (χ2v) is 19.2. The summed E-state index contributed by atoms with van der Waals surface area (Å²) in [5.41, 5.74) is -0.843. The van der Waals surface area contributed by atoms with E-state index in [0.717, 1.165) is 11.6 Å². The molecule has 0 saturated carbocycles. The van der Waals surface area contributed by atoms with Gasteiger partial charge in [-0.15, -0.1) is 0 Å². The van der Waals surface area contributed by atoms with E-state index in [0.29, 0.717) is 6.61 Å². The van der Waals surface area contributed by atoms with Crippen LogP contribution >= 0.6 is 0 Å². The van der Waals surface area contributed by atoms with Crippen LogP contribution < -0.4 is 10.6 Å². The number of carbonyl (C=O) groups excluding carboxylic acids is 5. The number of benzene rings is 1. The molecule has 0 aliphatic rings. The highest BCUT2D eigenvalue weighted by atomic mass is 28.3. The van der Waals surface area contributed by atoms with E-state index in [-0.39, 0.29) is 32.3 Å². The minimum absolute atomic E-state index is 0.0343. The number of nitrogens with one attached hydrogen (secondary N) is 2. The van der Waals surface area contributed by atoms with Gasteiger partial charge in [0.2, 0.25) is 5.91 Å². The summed E-state index contributed by atoms with van der Waals surface area (Å²) in [6.07, 6.45) is -1.40. The molecule has 2 amide bonds. The van der Waals surface area contributed by atoms with Crippen LogP contribution in [0.1, 0.15) is 72.8 Å². The van der Waals surface area contributed by atoms with Crippen molar-refractivity contribution in [2.45, 2.75) is 123 Å². The van der Waals surface area contributed by atoms with Crippen LogP contribution in [0.3, 0.4) is 0 Å². The summed E-state index contributed by atoms with van der Waals surface area (Å²) in [5.74, 6) is -2.55. The van der Waals surface area contributed by atoms with Gasteiger partial charge in [0.15, 0.2) is 0 Å². The third-order valence-corrected chi connectivity index (χ3v) is 7.34. The van der Waals surface area contributed by atoms with Crippen molar-refractivity contribution in [3.8, 4) is 0 Å². The largest absolute Gasteiger partial charge is 0.466 e. The molecule has 0 aliphatic heterocycles. The third kappa shape index (κ3) is 18.7. The maximum Gasteiger partial charge on any atom is 0.408 e. The maximum absolute atomic E-state index is 13.4. The zero-order chi connectivity index (χ0) is 32.8. The summed E-state index contributed by atoms with van der Waals surface area (Å²) >= 11 is 0. The lowest BCUT2D eigenvalue weighted by Crippen LogP contribution is -2.53. The van der Waals surface area contributed by atoms with Gasteiger partial charge >= 0.3 is 24.0 Å². The smallest absolute Gasteiger partial charge is 0.408 e. The van der Waals surface area contributed by atoms with E-state index >= 15 is 0 Å². The summed E-state index contributed by atoms with van der Waals surface area (Å²) in [6.45, 7) is 17.0. The number of hydrogen-bond acceptors (Lipinski definition) is 9. The Balaban J connectivity index is 3.00. The highest BCUT2D eigenvalue weighted by Gasteiger charge is 2.31. The van der Waals surface area contributed by atoms with E-state index < -0.39 is 61.3 Å². The molecule has 1 rings (SSSR count). The molecule has 0 fully saturated rings. The first-order chi connectivity index (χ1) is 19.7. The molecule has 1 aromatic rings. The number of amides is 2. The SMILES string of the molecule is CC(C)(C)OC(=O)CC[C@H](NC(=O)OCc1ccccc1)C(=O)N[C@@H](CCC(=O)OCC[Si](C)(C)C)C(=O)OC(C)(C)C. The van der Waals surface area contributed by atoms with Gasteiger partial charge in [-0.2, -0.15) is 0 Å². The van der Waals surface area contributed by atoms with Gasteiger partial charge in [0.05, 0.1) is 6.61 Å². The van der Waals surface area contributed by atoms with Crippen molar-refractivity contribution in [1.82, 2.24) is 10.6 Å². The standard InChI is InChI=1S/C31H50N2O9Si/c1-30(2,3)41-26(35)18-15-23(33-29(38)40-21-22-13-11-10-12-14-22)27(36)32-24(28(37)42-31(4,5)6)16-17-25(34)39-19-20-43(7,8)9/h10-14,23-24H,15-21H2,1-9H3,(H,32,36)(H,33,38)/t23-,24-/m0/s1. The average Bonchev–Trinajstić information content (AvgIpc) is 2.85. The fourth-order valence-electron chi connectivity index (χ4n) is 3.53. The molecule has 0 aliphatic carbocycles. The first kappa shape index (κ1) is 37.6. The fourth-order valence-corrected chi connectivity index (χ4v) is 4.24. The van der Waals surface area contributed by atoms with Crippen LogP contribution in [-0.4, -0.2) is 67.9 Å². The molecule has 11 nitrogen and oxygen atoms in total. The van der Waals surface area contributed by atoms with Gasteiger partial charge < -0.3 is 29.6 Å². The molecule has 2 N–H and O–H groups in total. The molecular formula is C31H50N2O9Si. The van der Waals surface area contributed by atoms with Gasteiger partial charge in [0, 0.05) is 20.9 Å². The second-order valence-electron chi connectivity index (χ2n) is 13.5. The van der Waals surface area contributed by atoms with Gasteiger partial charge in [-0.25, -0.2) is 9.59 Å². The molecule has 2 atom stereocenters. The zero-order valence-corrected chi connectivity index (χ0v) is 28.2. The zero-order valence-electron chi connectivity index (χ0n) is 27.2. The van der Waals surface area contributed by atoms with Gasteiger partial charge in [-0.3, -0.25) is 14.4 Å². The molecule has 0 radical (unpaired) electrons. The number of hydrogen-bond donors (Lipinski definition) is 2. The molecule has 0 heterocycles. The van der Waals surface area contributed by atoms with Crippen LogP contribution in [0.5, 0.6) is 0 Å². The lowest BCUT2D eigenvalue weighted by molar-refractivity contribution is -0.160. The molecule has 12 heteroatoms. The Bertz CT molecular complexity index is 1070. The molecular weight excluding hydrogens is 572 g/mol. The van der Waals surface area contributed by atoms with Gasteiger partial charge in [-0.05, 0) is 66.0 Å².